The fraction of sp³-hybridized carbons (Fsp3) is 0.353. The van der Waals surface area contributed by atoms with Crippen LogP contribution in [0.4, 0.5) is 0 Å². The standard InChI is InChI=1S/C17H18ClNO/c1-17(13-4-6-14(18)7-5-13)10-9-15-12(11-17)3-8-16(19-15)20-2/h3-8H,9-11H2,1-2H3. The SMILES string of the molecule is COc1ccc2c(n1)CCC(C)(c1ccc(Cl)cc1)C2. The molecule has 20 heavy (non-hydrogen) atoms. The van der Waals surface area contributed by atoms with Gasteiger partial charge >= 0.3 is 0 Å². The molecule has 0 aliphatic heterocycles. The Morgan fingerprint density at radius 2 is 1.90 bits per heavy atom. The highest BCUT2D eigenvalue weighted by atomic mass is 35.5. The molecule has 0 saturated carbocycles. The summed E-state index contributed by atoms with van der Waals surface area (Å²) in [6.45, 7) is 2.32. The van der Waals surface area contributed by atoms with Crippen molar-refractivity contribution in [2.75, 3.05) is 7.11 Å². The smallest absolute Gasteiger partial charge is 0.213 e. The lowest BCUT2D eigenvalue weighted by atomic mass is 9.70. The van der Waals surface area contributed by atoms with E-state index in [0.29, 0.717) is 5.88 Å². The Bertz CT molecular complexity index is 623. The molecule has 1 aliphatic carbocycles. The molecule has 0 spiro atoms. The second-order valence-electron chi connectivity index (χ2n) is 5.70. The highest BCUT2D eigenvalue weighted by molar-refractivity contribution is 6.30. The van der Waals surface area contributed by atoms with E-state index in [4.69, 9.17) is 16.3 Å². The van der Waals surface area contributed by atoms with Crippen LogP contribution >= 0.6 is 11.6 Å². The van der Waals surface area contributed by atoms with E-state index in [2.05, 4.69) is 30.1 Å². The third kappa shape index (κ3) is 2.40. The second kappa shape index (κ2) is 5.10. The number of fused-ring (bicyclic) bond motifs is 1. The van der Waals surface area contributed by atoms with Crippen molar-refractivity contribution in [1.82, 2.24) is 4.98 Å². The number of pyridine rings is 1. The number of nitrogens with zero attached hydrogens (tertiary/aromatic N) is 1. The highest BCUT2D eigenvalue weighted by Gasteiger charge is 2.32. The van der Waals surface area contributed by atoms with Gasteiger partial charge in [0.05, 0.1) is 7.11 Å². The van der Waals surface area contributed by atoms with E-state index >= 15 is 0 Å². The molecule has 0 radical (unpaired) electrons. The molecule has 104 valence electrons. The van der Waals surface area contributed by atoms with E-state index in [1.165, 1.54) is 16.8 Å². The Kier molecular flexibility index (Phi) is 3.43. The summed E-state index contributed by atoms with van der Waals surface area (Å²) in [6.07, 6.45) is 3.11. The summed E-state index contributed by atoms with van der Waals surface area (Å²) >= 11 is 5.99. The van der Waals surface area contributed by atoms with Crippen LogP contribution in [0.15, 0.2) is 36.4 Å². The normalized spacial score (nSPS) is 21.4. The van der Waals surface area contributed by atoms with Crippen LogP contribution in [0.3, 0.4) is 0 Å². The maximum Gasteiger partial charge on any atom is 0.213 e. The molecule has 2 aromatic rings. The molecule has 3 heteroatoms. The molecule has 0 fully saturated rings. The first kappa shape index (κ1) is 13.4. The van der Waals surface area contributed by atoms with Crippen LogP contribution in [0.25, 0.3) is 0 Å². The maximum atomic E-state index is 5.99. The molecule has 1 atom stereocenters. The van der Waals surface area contributed by atoms with Gasteiger partial charge in [0.15, 0.2) is 0 Å². The molecule has 3 rings (SSSR count). The Hall–Kier alpha value is -1.54. The minimum atomic E-state index is 0.161. The molecule has 0 saturated heterocycles. The van der Waals surface area contributed by atoms with Crippen molar-refractivity contribution in [2.45, 2.75) is 31.6 Å². The van der Waals surface area contributed by atoms with Crippen LogP contribution < -0.4 is 4.74 Å². The third-order valence-corrected chi connectivity index (χ3v) is 4.54. The lowest BCUT2D eigenvalue weighted by molar-refractivity contribution is 0.380. The molecule has 1 aliphatic rings. The maximum absolute atomic E-state index is 5.99. The molecule has 1 heterocycles. The van der Waals surface area contributed by atoms with Crippen molar-refractivity contribution in [3.8, 4) is 5.88 Å². The fourth-order valence-electron chi connectivity index (χ4n) is 3.00. The van der Waals surface area contributed by atoms with E-state index in [1.807, 2.05) is 18.2 Å². The van der Waals surface area contributed by atoms with Gasteiger partial charge in [0.2, 0.25) is 5.88 Å². The van der Waals surface area contributed by atoms with E-state index in [-0.39, 0.29) is 5.41 Å². The summed E-state index contributed by atoms with van der Waals surface area (Å²) in [6, 6.07) is 12.3. The van der Waals surface area contributed by atoms with E-state index in [0.717, 1.165) is 24.3 Å². The molecule has 0 N–H and O–H groups in total. The van der Waals surface area contributed by atoms with Crippen LogP contribution in [-0.2, 0) is 18.3 Å². The number of hydrogen-bond acceptors (Lipinski definition) is 2. The summed E-state index contributed by atoms with van der Waals surface area (Å²) in [5.74, 6) is 0.707. The summed E-state index contributed by atoms with van der Waals surface area (Å²) in [7, 11) is 1.66. The largest absolute Gasteiger partial charge is 0.481 e. The van der Waals surface area contributed by atoms with Gasteiger partial charge in [-0.05, 0) is 47.9 Å². The van der Waals surface area contributed by atoms with Gasteiger partial charge in [-0.25, -0.2) is 4.98 Å². The van der Waals surface area contributed by atoms with Crippen molar-refractivity contribution in [2.24, 2.45) is 0 Å². The van der Waals surface area contributed by atoms with Gasteiger partial charge in [-0.2, -0.15) is 0 Å². The quantitative estimate of drug-likeness (QED) is 0.826. The van der Waals surface area contributed by atoms with E-state index in [9.17, 15) is 0 Å². The first-order chi connectivity index (χ1) is 9.60. The van der Waals surface area contributed by atoms with Gasteiger partial charge in [-0.1, -0.05) is 36.7 Å². The minimum Gasteiger partial charge on any atom is -0.481 e. The van der Waals surface area contributed by atoms with E-state index in [1.54, 1.807) is 7.11 Å². The zero-order valence-electron chi connectivity index (χ0n) is 11.8. The van der Waals surface area contributed by atoms with Gasteiger partial charge in [-0.15, -0.1) is 0 Å². The van der Waals surface area contributed by atoms with Crippen molar-refractivity contribution in [3.63, 3.8) is 0 Å². The number of aryl methyl sites for hydroxylation is 1. The predicted octanol–water partition coefficient (Wildman–Crippen LogP) is 4.19. The van der Waals surface area contributed by atoms with E-state index < -0.39 is 0 Å². The Balaban J connectivity index is 1.92. The average molecular weight is 288 g/mol. The topological polar surface area (TPSA) is 22.1 Å². The second-order valence-corrected chi connectivity index (χ2v) is 6.14. The van der Waals surface area contributed by atoms with Gasteiger partial charge in [0, 0.05) is 16.8 Å². The number of ether oxygens (including phenoxy) is 1. The van der Waals surface area contributed by atoms with Crippen LogP contribution in [0, 0.1) is 0 Å². The summed E-state index contributed by atoms with van der Waals surface area (Å²) in [4.78, 5) is 4.56. The number of methoxy groups -OCH3 is 1. The van der Waals surface area contributed by atoms with Gasteiger partial charge < -0.3 is 4.74 Å². The van der Waals surface area contributed by atoms with Crippen molar-refractivity contribution in [1.29, 1.82) is 0 Å². The minimum absolute atomic E-state index is 0.161. The molecule has 1 unspecified atom stereocenters. The zero-order valence-corrected chi connectivity index (χ0v) is 12.6. The molecule has 1 aromatic carbocycles. The van der Waals surface area contributed by atoms with Crippen molar-refractivity contribution >= 4 is 11.6 Å². The summed E-state index contributed by atoms with van der Waals surface area (Å²) < 4.78 is 5.20. The Labute approximate surface area is 124 Å². The number of aromatic nitrogens is 1. The van der Waals surface area contributed by atoms with Crippen LogP contribution in [0.2, 0.25) is 5.02 Å². The van der Waals surface area contributed by atoms with Crippen LogP contribution in [0.1, 0.15) is 30.2 Å². The highest BCUT2D eigenvalue weighted by Crippen LogP contribution is 2.38. The molecular formula is C17H18ClNO. The number of rotatable bonds is 2. The molecule has 0 bridgehead atoms. The first-order valence-corrected chi connectivity index (χ1v) is 7.27. The van der Waals surface area contributed by atoms with Gasteiger partial charge in [0.25, 0.3) is 0 Å². The number of benzene rings is 1. The van der Waals surface area contributed by atoms with Crippen LogP contribution in [0.5, 0.6) is 5.88 Å². The molecule has 0 amide bonds. The van der Waals surface area contributed by atoms with Gasteiger partial charge in [-0.3, -0.25) is 0 Å². The molecular weight excluding hydrogens is 270 g/mol. The predicted molar refractivity (Wildman–Crippen MR) is 81.6 cm³/mol. The van der Waals surface area contributed by atoms with Gasteiger partial charge in [0.1, 0.15) is 0 Å². The van der Waals surface area contributed by atoms with Crippen molar-refractivity contribution < 1.29 is 4.74 Å². The summed E-state index contributed by atoms with van der Waals surface area (Å²) in [5, 5.41) is 0.792. The Morgan fingerprint density at radius 1 is 1.15 bits per heavy atom. The Morgan fingerprint density at radius 3 is 2.60 bits per heavy atom. The molecule has 2 nitrogen and oxygen atoms in total. The lowest BCUT2D eigenvalue weighted by Gasteiger charge is -2.35. The van der Waals surface area contributed by atoms with Crippen molar-refractivity contribution in [3.05, 3.63) is 58.2 Å². The average Bonchev–Trinajstić information content (AvgIpc) is 2.47. The number of halogens is 1. The summed E-state index contributed by atoms with van der Waals surface area (Å²) in [5.41, 5.74) is 4.02. The first-order valence-electron chi connectivity index (χ1n) is 6.89. The zero-order chi connectivity index (χ0) is 14.2. The third-order valence-electron chi connectivity index (χ3n) is 4.29. The van der Waals surface area contributed by atoms with Crippen LogP contribution in [-0.4, -0.2) is 12.1 Å². The fourth-order valence-corrected chi connectivity index (χ4v) is 3.13. The lowest BCUT2D eigenvalue weighted by Crippen LogP contribution is -2.30. The molecule has 1 aromatic heterocycles. The number of hydrogen-bond donors (Lipinski definition) is 0. The monoisotopic (exact) mass is 287 g/mol.